The van der Waals surface area contributed by atoms with E-state index in [9.17, 15) is 18.4 Å². The van der Waals surface area contributed by atoms with Crippen LogP contribution in [-0.4, -0.2) is 18.4 Å². The Balaban J connectivity index is 2.07. The van der Waals surface area contributed by atoms with Gasteiger partial charge in [0.2, 0.25) is 11.8 Å². The van der Waals surface area contributed by atoms with Gasteiger partial charge in [-0.15, -0.1) is 0 Å². The van der Waals surface area contributed by atoms with Crippen LogP contribution in [0.15, 0.2) is 46.9 Å². The van der Waals surface area contributed by atoms with Crippen LogP contribution < -0.4 is 10.2 Å². The standard InChI is InChI=1S/C17H15BrF2N2O2/c1-11(23)22(17-14(19)6-3-7-15(17)20)9-8-16(24)21-13-5-2-4-12(18)10-13/h2-7,10H,8-9H2,1H3,(H,21,24). The summed E-state index contributed by atoms with van der Waals surface area (Å²) >= 11 is 3.29. The van der Waals surface area contributed by atoms with Crippen molar-refractivity contribution in [2.75, 3.05) is 16.8 Å². The zero-order valence-electron chi connectivity index (χ0n) is 12.9. The third-order valence-electron chi connectivity index (χ3n) is 3.26. The highest BCUT2D eigenvalue weighted by molar-refractivity contribution is 9.10. The van der Waals surface area contributed by atoms with E-state index in [-0.39, 0.29) is 18.9 Å². The van der Waals surface area contributed by atoms with E-state index in [2.05, 4.69) is 21.2 Å². The smallest absolute Gasteiger partial charge is 0.226 e. The summed E-state index contributed by atoms with van der Waals surface area (Å²) in [5.74, 6) is -2.61. The van der Waals surface area contributed by atoms with Gasteiger partial charge in [-0.1, -0.05) is 28.1 Å². The van der Waals surface area contributed by atoms with Gasteiger partial charge >= 0.3 is 0 Å². The first-order chi connectivity index (χ1) is 11.4. The van der Waals surface area contributed by atoms with Crippen molar-refractivity contribution in [2.45, 2.75) is 13.3 Å². The lowest BCUT2D eigenvalue weighted by Crippen LogP contribution is -2.33. The molecule has 0 aliphatic heterocycles. The van der Waals surface area contributed by atoms with Crippen molar-refractivity contribution in [1.82, 2.24) is 0 Å². The lowest BCUT2D eigenvalue weighted by molar-refractivity contribution is -0.117. The Kier molecular flexibility index (Phi) is 6.03. The molecule has 7 heteroatoms. The Morgan fingerprint density at radius 3 is 2.33 bits per heavy atom. The number of hydrogen-bond acceptors (Lipinski definition) is 2. The largest absolute Gasteiger partial charge is 0.326 e. The summed E-state index contributed by atoms with van der Waals surface area (Å²) in [5, 5.41) is 2.66. The van der Waals surface area contributed by atoms with E-state index in [1.807, 2.05) is 6.07 Å². The highest BCUT2D eigenvalue weighted by Crippen LogP contribution is 2.23. The molecule has 0 radical (unpaired) electrons. The zero-order chi connectivity index (χ0) is 17.7. The first kappa shape index (κ1) is 18.1. The number of amides is 2. The van der Waals surface area contributed by atoms with Crippen molar-refractivity contribution in [3.05, 3.63) is 58.6 Å². The number of para-hydroxylation sites is 1. The molecule has 2 rings (SSSR count). The molecule has 2 amide bonds. The van der Waals surface area contributed by atoms with Crippen LogP contribution in [0, 0.1) is 11.6 Å². The second-order valence-corrected chi connectivity index (χ2v) is 5.97. The highest BCUT2D eigenvalue weighted by Gasteiger charge is 2.20. The normalized spacial score (nSPS) is 10.3. The monoisotopic (exact) mass is 396 g/mol. The van der Waals surface area contributed by atoms with Gasteiger partial charge in [0.25, 0.3) is 0 Å². The molecule has 0 saturated heterocycles. The van der Waals surface area contributed by atoms with Crippen molar-refractivity contribution < 1.29 is 18.4 Å². The van der Waals surface area contributed by atoms with E-state index in [0.29, 0.717) is 5.69 Å². The molecule has 24 heavy (non-hydrogen) atoms. The summed E-state index contributed by atoms with van der Waals surface area (Å²) in [6, 6.07) is 10.3. The molecule has 0 aliphatic carbocycles. The van der Waals surface area contributed by atoms with Crippen molar-refractivity contribution in [3.8, 4) is 0 Å². The van der Waals surface area contributed by atoms with Gasteiger partial charge in [-0.2, -0.15) is 0 Å². The number of hydrogen-bond donors (Lipinski definition) is 1. The second-order valence-electron chi connectivity index (χ2n) is 5.05. The predicted octanol–water partition coefficient (Wildman–Crippen LogP) is 4.11. The van der Waals surface area contributed by atoms with Gasteiger partial charge in [0.05, 0.1) is 0 Å². The fraction of sp³-hybridized carbons (Fsp3) is 0.176. The third-order valence-corrected chi connectivity index (χ3v) is 3.75. The summed E-state index contributed by atoms with van der Waals surface area (Å²) in [7, 11) is 0. The number of anilines is 2. The summed E-state index contributed by atoms with van der Waals surface area (Å²) in [6.45, 7) is 1.06. The molecule has 4 nitrogen and oxygen atoms in total. The molecule has 0 heterocycles. The lowest BCUT2D eigenvalue weighted by atomic mass is 10.2. The molecule has 0 aliphatic rings. The second kappa shape index (κ2) is 8.01. The molecule has 0 spiro atoms. The van der Waals surface area contributed by atoms with E-state index < -0.39 is 23.2 Å². The average molecular weight is 397 g/mol. The van der Waals surface area contributed by atoms with Crippen LogP contribution in [0.2, 0.25) is 0 Å². The van der Waals surface area contributed by atoms with Crippen molar-refractivity contribution in [3.63, 3.8) is 0 Å². The molecule has 0 aromatic heterocycles. The summed E-state index contributed by atoms with van der Waals surface area (Å²) in [5.41, 5.74) is 0.140. The zero-order valence-corrected chi connectivity index (χ0v) is 14.4. The Morgan fingerprint density at radius 2 is 1.75 bits per heavy atom. The van der Waals surface area contributed by atoms with E-state index >= 15 is 0 Å². The van der Waals surface area contributed by atoms with E-state index in [4.69, 9.17) is 0 Å². The molecule has 0 fully saturated rings. The summed E-state index contributed by atoms with van der Waals surface area (Å²) < 4.78 is 28.5. The van der Waals surface area contributed by atoms with E-state index in [0.717, 1.165) is 21.5 Å². The van der Waals surface area contributed by atoms with Crippen LogP contribution in [0.25, 0.3) is 0 Å². The molecule has 0 unspecified atom stereocenters. The van der Waals surface area contributed by atoms with Crippen LogP contribution in [0.5, 0.6) is 0 Å². The fourth-order valence-electron chi connectivity index (χ4n) is 2.18. The van der Waals surface area contributed by atoms with Crippen LogP contribution in [0.1, 0.15) is 13.3 Å². The minimum atomic E-state index is -0.849. The first-order valence-corrected chi connectivity index (χ1v) is 7.95. The number of halogens is 3. The summed E-state index contributed by atoms with van der Waals surface area (Å²) in [4.78, 5) is 24.6. The van der Waals surface area contributed by atoms with Crippen LogP contribution in [0.4, 0.5) is 20.2 Å². The lowest BCUT2D eigenvalue weighted by Gasteiger charge is -2.22. The number of benzene rings is 2. The molecular formula is C17H15BrF2N2O2. The SMILES string of the molecule is CC(=O)N(CCC(=O)Nc1cccc(Br)c1)c1c(F)cccc1F. The molecule has 2 aromatic carbocycles. The van der Waals surface area contributed by atoms with Gasteiger partial charge in [0, 0.05) is 30.0 Å². The Bertz CT molecular complexity index is 748. The topological polar surface area (TPSA) is 49.4 Å². The number of nitrogens with zero attached hydrogens (tertiary/aromatic N) is 1. The third kappa shape index (κ3) is 4.61. The van der Waals surface area contributed by atoms with Gasteiger partial charge in [-0.05, 0) is 30.3 Å². The first-order valence-electron chi connectivity index (χ1n) is 7.16. The summed E-state index contributed by atoms with van der Waals surface area (Å²) in [6.07, 6.45) is -0.0974. The van der Waals surface area contributed by atoms with Crippen molar-refractivity contribution in [1.29, 1.82) is 0 Å². The van der Waals surface area contributed by atoms with Crippen molar-refractivity contribution >= 4 is 39.1 Å². The number of nitrogens with one attached hydrogen (secondary N) is 1. The average Bonchev–Trinajstić information content (AvgIpc) is 2.49. The van der Waals surface area contributed by atoms with Gasteiger partial charge in [0.1, 0.15) is 17.3 Å². The molecule has 126 valence electrons. The Morgan fingerprint density at radius 1 is 1.12 bits per heavy atom. The fourth-order valence-corrected chi connectivity index (χ4v) is 2.58. The molecule has 0 saturated carbocycles. The van der Waals surface area contributed by atoms with Gasteiger partial charge in [0.15, 0.2) is 0 Å². The van der Waals surface area contributed by atoms with Gasteiger partial charge in [-0.25, -0.2) is 8.78 Å². The van der Waals surface area contributed by atoms with Gasteiger partial charge < -0.3 is 10.2 Å². The quantitative estimate of drug-likeness (QED) is 0.826. The van der Waals surface area contributed by atoms with Gasteiger partial charge in [-0.3, -0.25) is 9.59 Å². The Hall–Kier alpha value is -2.28. The number of carbonyl (C=O) groups is 2. The van der Waals surface area contributed by atoms with E-state index in [1.54, 1.807) is 18.2 Å². The molecular weight excluding hydrogens is 382 g/mol. The van der Waals surface area contributed by atoms with Crippen LogP contribution in [0.3, 0.4) is 0 Å². The minimum Gasteiger partial charge on any atom is -0.326 e. The molecule has 0 atom stereocenters. The maximum absolute atomic E-state index is 13.8. The minimum absolute atomic E-state index is 0.0974. The van der Waals surface area contributed by atoms with Crippen LogP contribution in [-0.2, 0) is 9.59 Å². The molecule has 0 bridgehead atoms. The Labute approximate surface area is 146 Å². The molecule has 2 aromatic rings. The maximum atomic E-state index is 13.8. The van der Waals surface area contributed by atoms with Crippen LogP contribution >= 0.6 is 15.9 Å². The number of carbonyl (C=O) groups excluding carboxylic acids is 2. The highest BCUT2D eigenvalue weighted by atomic mass is 79.9. The number of rotatable bonds is 5. The maximum Gasteiger partial charge on any atom is 0.226 e. The predicted molar refractivity (Wildman–Crippen MR) is 91.8 cm³/mol. The van der Waals surface area contributed by atoms with E-state index in [1.165, 1.54) is 13.0 Å². The van der Waals surface area contributed by atoms with Crippen molar-refractivity contribution in [2.24, 2.45) is 0 Å². The molecule has 1 N–H and O–H groups in total.